The summed E-state index contributed by atoms with van der Waals surface area (Å²) in [6.07, 6.45) is 1.78. The van der Waals surface area contributed by atoms with Crippen molar-refractivity contribution in [2.75, 3.05) is 10.6 Å². The van der Waals surface area contributed by atoms with E-state index >= 15 is 0 Å². The van der Waals surface area contributed by atoms with Gasteiger partial charge in [0.05, 0.1) is 17.9 Å². The number of rotatable bonds is 6. The number of halogens is 2. The second-order valence-electron chi connectivity index (χ2n) is 5.40. The number of aromatic nitrogens is 1. The molecule has 1 heterocycles. The molecule has 3 nitrogen and oxygen atoms in total. The molecular weight excluding hydrogens is 361 g/mol. The van der Waals surface area contributed by atoms with Crippen molar-refractivity contribution in [1.29, 1.82) is 0 Å². The molecule has 6 heteroatoms. The lowest BCUT2D eigenvalue weighted by atomic mass is 10.1. The van der Waals surface area contributed by atoms with Crippen LogP contribution in [0.1, 0.15) is 23.4 Å². The number of hydrogen-bond acceptors (Lipinski definition) is 4. The summed E-state index contributed by atoms with van der Waals surface area (Å²) in [6, 6.07) is 16.3. The van der Waals surface area contributed by atoms with Crippen LogP contribution in [0, 0.1) is 0 Å². The van der Waals surface area contributed by atoms with Gasteiger partial charge in [0.15, 0.2) is 4.47 Å². The molecule has 0 fully saturated rings. The van der Waals surface area contributed by atoms with Crippen molar-refractivity contribution in [3.63, 3.8) is 0 Å². The first-order chi connectivity index (χ1) is 11.6. The Kier molecular flexibility index (Phi) is 5.61. The standard InChI is InChI=1S/C18H17Cl2N3S/c1-12(13-5-3-2-4-6-13)23-16-8-7-14(19)9-17(16)21-10-15-11-22-18(20)24-15/h2-9,11-12,21,23H,10H2,1H3. The molecule has 0 aliphatic heterocycles. The zero-order chi connectivity index (χ0) is 16.9. The summed E-state index contributed by atoms with van der Waals surface area (Å²) in [5, 5.41) is 7.63. The number of anilines is 2. The van der Waals surface area contributed by atoms with Gasteiger partial charge in [0.1, 0.15) is 0 Å². The Bertz CT molecular complexity index is 805. The quantitative estimate of drug-likeness (QED) is 0.533. The van der Waals surface area contributed by atoms with E-state index in [-0.39, 0.29) is 6.04 Å². The van der Waals surface area contributed by atoms with E-state index < -0.39 is 0 Å². The highest BCUT2D eigenvalue weighted by Gasteiger charge is 2.09. The molecule has 0 saturated carbocycles. The van der Waals surface area contributed by atoms with Gasteiger partial charge in [-0.15, -0.1) is 11.3 Å². The molecule has 3 rings (SSSR count). The van der Waals surface area contributed by atoms with Gasteiger partial charge in [0, 0.05) is 22.1 Å². The molecule has 2 N–H and O–H groups in total. The van der Waals surface area contributed by atoms with Crippen LogP contribution in [0.2, 0.25) is 9.49 Å². The van der Waals surface area contributed by atoms with Gasteiger partial charge in [0.2, 0.25) is 0 Å². The summed E-state index contributed by atoms with van der Waals surface area (Å²) in [4.78, 5) is 5.13. The molecule has 2 aromatic carbocycles. The predicted octanol–water partition coefficient (Wildman–Crippen LogP) is 6.24. The first kappa shape index (κ1) is 17.1. The minimum Gasteiger partial charge on any atom is -0.378 e. The van der Waals surface area contributed by atoms with Crippen LogP contribution in [-0.4, -0.2) is 4.98 Å². The highest BCUT2D eigenvalue weighted by atomic mass is 35.5. The van der Waals surface area contributed by atoms with Crippen LogP contribution in [-0.2, 0) is 6.54 Å². The second-order valence-corrected chi connectivity index (χ2v) is 7.53. The van der Waals surface area contributed by atoms with Crippen molar-refractivity contribution in [3.8, 4) is 0 Å². The number of thiazole rings is 1. The minimum absolute atomic E-state index is 0.186. The fourth-order valence-corrected chi connectivity index (χ4v) is 3.48. The molecule has 24 heavy (non-hydrogen) atoms. The fourth-order valence-electron chi connectivity index (χ4n) is 2.39. The van der Waals surface area contributed by atoms with Crippen molar-refractivity contribution >= 4 is 45.9 Å². The zero-order valence-corrected chi connectivity index (χ0v) is 15.4. The van der Waals surface area contributed by atoms with Gasteiger partial charge < -0.3 is 10.6 Å². The van der Waals surface area contributed by atoms with Crippen LogP contribution in [0.5, 0.6) is 0 Å². The maximum atomic E-state index is 6.16. The van der Waals surface area contributed by atoms with E-state index in [0.717, 1.165) is 16.3 Å². The third kappa shape index (κ3) is 4.41. The Morgan fingerprint density at radius 1 is 1.08 bits per heavy atom. The molecular formula is C18H17Cl2N3S. The van der Waals surface area contributed by atoms with Crippen molar-refractivity contribution in [2.45, 2.75) is 19.5 Å². The molecule has 0 amide bonds. The molecule has 0 radical (unpaired) electrons. The molecule has 0 spiro atoms. The maximum absolute atomic E-state index is 6.16. The zero-order valence-electron chi connectivity index (χ0n) is 13.1. The van der Waals surface area contributed by atoms with Gasteiger partial charge in [-0.1, -0.05) is 53.5 Å². The van der Waals surface area contributed by atoms with Crippen LogP contribution in [0.25, 0.3) is 0 Å². The van der Waals surface area contributed by atoms with Crippen molar-refractivity contribution in [2.24, 2.45) is 0 Å². The minimum atomic E-state index is 0.186. The predicted molar refractivity (Wildman–Crippen MR) is 104 cm³/mol. The van der Waals surface area contributed by atoms with Gasteiger partial charge in [-0.05, 0) is 30.7 Å². The van der Waals surface area contributed by atoms with Crippen LogP contribution >= 0.6 is 34.5 Å². The van der Waals surface area contributed by atoms with Gasteiger partial charge >= 0.3 is 0 Å². The van der Waals surface area contributed by atoms with Gasteiger partial charge in [0.25, 0.3) is 0 Å². The summed E-state index contributed by atoms with van der Waals surface area (Å²) < 4.78 is 0.550. The Balaban J connectivity index is 1.75. The first-order valence-electron chi connectivity index (χ1n) is 7.57. The molecule has 0 bridgehead atoms. The van der Waals surface area contributed by atoms with Crippen molar-refractivity contribution < 1.29 is 0 Å². The van der Waals surface area contributed by atoms with Crippen LogP contribution in [0.15, 0.2) is 54.7 Å². The van der Waals surface area contributed by atoms with Crippen LogP contribution < -0.4 is 10.6 Å². The van der Waals surface area contributed by atoms with Gasteiger partial charge in [-0.3, -0.25) is 0 Å². The molecule has 124 valence electrons. The summed E-state index contributed by atoms with van der Waals surface area (Å²) in [7, 11) is 0. The van der Waals surface area contributed by atoms with Crippen LogP contribution in [0.4, 0.5) is 11.4 Å². The van der Waals surface area contributed by atoms with E-state index in [1.54, 1.807) is 6.20 Å². The lowest BCUT2D eigenvalue weighted by Crippen LogP contribution is -2.09. The number of hydrogen-bond donors (Lipinski definition) is 2. The largest absolute Gasteiger partial charge is 0.378 e. The van der Waals surface area contributed by atoms with E-state index in [1.807, 2.05) is 36.4 Å². The molecule has 1 unspecified atom stereocenters. The molecule has 0 saturated heterocycles. The lowest BCUT2D eigenvalue weighted by molar-refractivity contribution is 0.884. The second kappa shape index (κ2) is 7.88. The Morgan fingerprint density at radius 3 is 2.58 bits per heavy atom. The average Bonchev–Trinajstić information content (AvgIpc) is 3.01. The van der Waals surface area contributed by atoms with E-state index in [2.05, 4.69) is 34.7 Å². The van der Waals surface area contributed by atoms with E-state index in [9.17, 15) is 0 Å². The summed E-state index contributed by atoms with van der Waals surface area (Å²) >= 11 is 13.5. The highest BCUT2D eigenvalue weighted by Crippen LogP contribution is 2.30. The smallest absolute Gasteiger partial charge is 0.183 e. The highest BCUT2D eigenvalue weighted by molar-refractivity contribution is 7.15. The summed E-state index contributed by atoms with van der Waals surface area (Å²) in [5.74, 6) is 0. The Morgan fingerprint density at radius 2 is 1.88 bits per heavy atom. The topological polar surface area (TPSA) is 37.0 Å². The monoisotopic (exact) mass is 377 g/mol. The maximum Gasteiger partial charge on any atom is 0.183 e. The summed E-state index contributed by atoms with van der Waals surface area (Å²) in [5.41, 5.74) is 3.19. The molecule has 0 aliphatic rings. The third-order valence-corrected chi connectivity index (χ3v) is 4.98. The fraction of sp³-hybridized carbons (Fsp3) is 0.167. The third-order valence-electron chi connectivity index (χ3n) is 3.63. The van der Waals surface area contributed by atoms with Gasteiger partial charge in [-0.2, -0.15) is 0 Å². The first-order valence-corrected chi connectivity index (χ1v) is 9.14. The molecule has 1 atom stereocenters. The van der Waals surface area contributed by atoms with Crippen molar-refractivity contribution in [3.05, 3.63) is 74.7 Å². The SMILES string of the molecule is CC(Nc1ccc(Cl)cc1NCc1cnc(Cl)s1)c1ccccc1. The van der Waals surface area contributed by atoms with E-state index in [4.69, 9.17) is 23.2 Å². The number of benzene rings is 2. The lowest BCUT2D eigenvalue weighted by Gasteiger charge is -2.19. The van der Waals surface area contributed by atoms with Crippen LogP contribution in [0.3, 0.4) is 0 Å². The Labute approximate surface area is 155 Å². The normalized spacial score (nSPS) is 12.0. The summed E-state index contributed by atoms with van der Waals surface area (Å²) in [6.45, 7) is 2.79. The molecule has 1 aromatic heterocycles. The number of nitrogens with one attached hydrogen (secondary N) is 2. The number of nitrogens with zero attached hydrogens (tertiary/aromatic N) is 1. The van der Waals surface area contributed by atoms with E-state index in [1.165, 1.54) is 16.9 Å². The molecule has 0 aliphatic carbocycles. The molecule has 3 aromatic rings. The Hall–Kier alpha value is -1.75. The average molecular weight is 378 g/mol. The van der Waals surface area contributed by atoms with Crippen molar-refractivity contribution in [1.82, 2.24) is 4.98 Å². The van der Waals surface area contributed by atoms with Gasteiger partial charge in [-0.25, -0.2) is 4.98 Å². The van der Waals surface area contributed by atoms with E-state index in [0.29, 0.717) is 16.0 Å².